The van der Waals surface area contributed by atoms with Crippen LogP contribution in [0.25, 0.3) is 0 Å². The lowest BCUT2D eigenvalue weighted by atomic mass is 10.1. The van der Waals surface area contributed by atoms with E-state index >= 15 is 0 Å². The summed E-state index contributed by atoms with van der Waals surface area (Å²) in [5, 5.41) is 9.37. The number of nitriles is 1. The maximum absolute atomic E-state index is 13.0. The Labute approximate surface area is 178 Å². The summed E-state index contributed by atoms with van der Waals surface area (Å²) in [4.78, 5) is 15.4. The highest BCUT2D eigenvalue weighted by Gasteiger charge is 2.32. The van der Waals surface area contributed by atoms with Crippen LogP contribution < -0.4 is 14.7 Å². The number of alkyl halides is 3. The summed E-state index contributed by atoms with van der Waals surface area (Å²) in [5.41, 5.74) is -0.239. The monoisotopic (exact) mass is 432 g/mol. The smallest absolute Gasteiger partial charge is 0.378 e. The molecule has 164 valence electrons. The van der Waals surface area contributed by atoms with Gasteiger partial charge in [-0.2, -0.15) is 18.4 Å². The number of aromatic nitrogens is 2. The molecular weight excluding hydrogens is 409 g/mol. The number of anilines is 3. The van der Waals surface area contributed by atoms with Crippen molar-refractivity contribution in [2.45, 2.75) is 13.1 Å². The average molecular weight is 432 g/mol. The summed E-state index contributed by atoms with van der Waals surface area (Å²) >= 11 is 0. The van der Waals surface area contributed by atoms with Crippen molar-refractivity contribution in [2.75, 3.05) is 67.2 Å². The fourth-order valence-corrected chi connectivity index (χ4v) is 3.91. The Morgan fingerprint density at radius 3 is 2.06 bits per heavy atom. The number of aryl methyl sites for hydroxylation is 1. The molecule has 0 saturated carbocycles. The van der Waals surface area contributed by atoms with Crippen LogP contribution in [0.1, 0.15) is 17.0 Å². The number of morpholine rings is 1. The minimum atomic E-state index is -4.47. The average Bonchev–Trinajstić information content (AvgIpc) is 2.78. The van der Waals surface area contributed by atoms with Gasteiger partial charge in [0.2, 0.25) is 0 Å². The van der Waals surface area contributed by atoms with Crippen molar-refractivity contribution < 1.29 is 17.9 Å². The van der Waals surface area contributed by atoms with Crippen LogP contribution in [-0.4, -0.2) is 62.5 Å². The molecular formula is C21H23F3N6O. The molecule has 2 saturated heterocycles. The fourth-order valence-electron chi connectivity index (χ4n) is 3.91. The number of nitrogens with zero attached hydrogens (tertiary/aromatic N) is 6. The first-order valence-electron chi connectivity index (χ1n) is 10.1. The van der Waals surface area contributed by atoms with Crippen LogP contribution in [0.3, 0.4) is 0 Å². The van der Waals surface area contributed by atoms with Crippen LogP contribution >= 0.6 is 0 Å². The molecule has 0 aliphatic carbocycles. The highest BCUT2D eigenvalue weighted by Crippen LogP contribution is 2.33. The molecule has 7 nitrogen and oxygen atoms in total. The first-order valence-corrected chi connectivity index (χ1v) is 10.1. The third-order valence-electron chi connectivity index (χ3n) is 5.53. The second-order valence-electron chi connectivity index (χ2n) is 7.55. The van der Waals surface area contributed by atoms with Gasteiger partial charge in [0.05, 0.1) is 30.0 Å². The number of hydrogen-bond acceptors (Lipinski definition) is 7. The minimum absolute atomic E-state index is 0.0377. The number of halogens is 3. The van der Waals surface area contributed by atoms with Gasteiger partial charge in [-0.3, -0.25) is 0 Å². The lowest BCUT2D eigenvalue weighted by molar-refractivity contribution is -0.137. The summed E-state index contributed by atoms with van der Waals surface area (Å²) in [6.07, 6.45) is -4.47. The van der Waals surface area contributed by atoms with E-state index in [0.717, 1.165) is 36.9 Å². The predicted molar refractivity (Wildman–Crippen MR) is 110 cm³/mol. The number of hydrogen-bond donors (Lipinski definition) is 0. The van der Waals surface area contributed by atoms with Crippen LogP contribution in [0.5, 0.6) is 0 Å². The summed E-state index contributed by atoms with van der Waals surface area (Å²) in [6, 6.07) is 7.23. The van der Waals surface area contributed by atoms with E-state index in [1.165, 1.54) is 6.07 Å². The van der Waals surface area contributed by atoms with E-state index in [1.807, 2.05) is 24.0 Å². The standard InChI is InChI=1S/C21H23F3N6O/c1-15-26-19(13-20(27-15)30-8-10-31-11-9-30)29-6-4-28(5-7-29)18-3-2-17(21(22,23)24)12-16(18)14-25/h2-3,12-13H,4-11H2,1H3. The van der Waals surface area contributed by atoms with Crippen molar-refractivity contribution in [3.05, 3.63) is 41.2 Å². The lowest BCUT2D eigenvalue weighted by Gasteiger charge is -2.37. The topological polar surface area (TPSA) is 68.5 Å². The first-order chi connectivity index (χ1) is 14.8. The fraction of sp³-hybridized carbons (Fsp3) is 0.476. The van der Waals surface area contributed by atoms with E-state index in [2.05, 4.69) is 19.8 Å². The van der Waals surface area contributed by atoms with E-state index in [-0.39, 0.29) is 5.56 Å². The molecule has 2 fully saturated rings. The van der Waals surface area contributed by atoms with Gasteiger partial charge in [0.1, 0.15) is 23.5 Å². The molecule has 0 radical (unpaired) electrons. The van der Waals surface area contributed by atoms with Crippen molar-refractivity contribution in [3.8, 4) is 6.07 Å². The number of ether oxygens (including phenoxy) is 1. The van der Waals surface area contributed by atoms with E-state index in [0.29, 0.717) is 50.9 Å². The van der Waals surface area contributed by atoms with Crippen molar-refractivity contribution in [1.82, 2.24) is 9.97 Å². The van der Waals surface area contributed by atoms with Gasteiger partial charge in [-0.25, -0.2) is 9.97 Å². The molecule has 0 unspecified atom stereocenters. The molecule has 2 aliphatic heterocycles. The summed E-state index contributed by atoms with van der Waals surface area (Å²) < 4.78 is 44.3. The zero-order valence-electron chi connectivity index (χ0n) is 17.2. The molecule has 0 N–H and O–H groups in total. The molecule has 1 aromatic heterocycles. The second-order valence-corrected chi connectivity index (χ2v) is 7.55. The molecule has 2 aliphatic rings. The third kappa shape index (κ3) is 4.66. The molecule has 0 bridgehead atoms. The molecule has 0 spiro atoms. The van der Waals surface area contributed by atoms with Crippen LogP contribution in [0.15, 0.2) is 24.3 Å². The maximum Gasteiger partial charge on any atom is 0.416 e. The van der Waals surface area contributed by atoms with Crippen LogP contribution in [-0.2, 0) is 10.9 Å². The summed E-state index contributed by atoms with van der Waals surface area (Å²) in [5.74, 6) is 2.40. The third-order valence-corrected chi connectivity index (χ3v) is 5.53. The summed E-state index contributed by atoms with van der Waals surface area (Å²) in [7, 11) is 0. The van der Waals surface area contributed by atoms with Gasteiger partial charge in [0.25, 0.3) is 0 Å². The molecule has 4 rings (SSSR count). The van der Waals surface area contributed by atoms with Gasteiger partial charge in [-0.1, -0.05) is 0 Å². The van der Waals surface area contributed by atoms with Gasteiger partial charge in [-0.05, 0) is 25.1 Å². The van der Waals surface area contributed by atoms with Crippen molar-refractivity contribution in [2.24, 2.45) is 0 Å². The van der Waals surface area contributed by atoms with Crippen molar-refractivity contribution in [3.63, 3.8) is 0 Å². The molecule has 31 heavy (non-hydrogen) atoms. The number of piperazine rings is 1. The summed E-state index contributed by atoms with van der Waals surface area (Å²) in [6.45, 7) is 7.23. The SMILES string of the molecule is Cc1nc(N2CCOCC2)cc(N2CCN(c3ccc(C(F)(F)F)cc3C#N)CC2)n1. The number of benzene rings is 1. The van der Waals surface area contributed by atoms with Gasteiger partial charge in [0.15, 0.2) is 0 Å². The van der Waals surface area contributed by atoms with Gasteiger partial charge >= 0.3 is 6.18 Å². The molecule has 10 heteroatoms. The normalized spacial score (nSPS) is 17.6. The van der Waals surface area contributed by atoms with Crippen LogP contribution in [0, 0.1) is 18.3 Å². The Bertz CT molecular complexity index is 976. The van der Waals surface area contributed by atoms with E-state index < -0.39 is 11.7 Å². The Balaban J connectivity index is 1.48. The van der Waals surface area contributed by atoms with Gasteiger partial charge in [-0.15, -0.1) is 0 Å². The molecule has 3 heterocycles. The van der Waals surface area contributed by atoms with E-state index in [1.54, 1.807) is 0 Å². The highest BCUT2D eigenvalue weighted by atomic mass is 19.4. The lowest BCUT2D eigenvalue weighted by Crippen LogP contribution is -2.47. The Morgan fingerprint density at radius 2 is 1.48 bits per heavy atom. The molecule has 2 aromatic rings. The number of rotatable bonds is 3. The minimum Gasteiger partial charge on any atom is -0.378 e. The molecule has 0 amide bonds. The zero-order chi connectivity index (χ0) is 22.0. The second kappa shape index (κ2) is 8.59. The van der Waals surface area contributed by atoms with Gasteiger partial charge in [0, 0.05) is 45.3 Å². The van der Waals surface area contributed by atoms with E-state index in [4.69, 9.17) is 4.74 Å². The first kappa shape index (κ1) is 21.2. The maximum atomic E-state index is 13.0. The largest absolute Gasteiger partial charge is 0.416 e. The van der Waals surface area contributed by atoms with Crippen molar-refractivity contribution >= 4 is 17.3 Å². The van der Waals surface area contributed by atoms with Crippen LogP contribution in [0.4, 0.5) is 30.5 Å². The highest BCUT2D eigenvalue weighted by molar-refractivity contribution is 5.62. The Kier molecular flexibility index (Phi) is 5.87. The van der Waals surface area contributed by atoms with Crippen molar-refractivity contribution in [1.29, 1.82) is 5.26 Å². The molecule has 1 aromatic carbocycles. The Morgan fingerprint density at radius 1 is 0.903 bits per heavy atom. The quantitative estimate of drug-likeness (QED) is 0.739. The zero-order valence-corrected chi connectivity index (χ0v) is 17.2. The molecule has 0 atom stereocenters. The van der Waals surface area contributed by atoms with E-state index in [9.17, 15) is 18.4 Å². The Hall–Kier alpha value is -3.06. The van der Waals surface area contributed by atoms with Crippen LogP contribution in [0.2, 0.25) is 0 Å². The van der Waals surface area contributed by atoms with Gasteiger partial charge < -0.3 is 19.4 Å². The predicted octanol–water partition coefficient (Wildman–Crippen LogP) is 2.84.